The molecule has 0 nitrogen and oxygen atoms in total. The van der Waals surface area contributed by atoms with Crippen molar-refractivity contribution in [3.63, 3.8) is 0 Å². The van der Waals surface area contributed by atoms with Gasteiger partial charge in [-0.05, 0) is 0 Å². The van der Waals surface area contributed by atoms with E-state index in [1.165, 1.54) is 12.8 Å². The van der Waals surface area contributed by atoms with Gasteiger partial charge in [-0.1, -0.05) is 0 Å². The molecule has 0 radical (unpaired) electrons. The van der Waals surface area contributed by atoms with Gasteiger partial charge >= 0.3 is 128 Å². The quantitative estimate of drug-likeness (QED) is 0.413. The average molecular weight is 511 g/mol. The van der Waals surface area contributed by atoms with E-state index >= 15 is 0 Å². The standard InChI is InChI=1S/C9H13.C6H7.C2H7Si.2ClH.Hf/c1-9(2,3)8-6-4-5-7-8;1-6-4-2-3-5-6;1-3-2;;;/h4,6H,5H2,1-3H3;2,4H,3H2,1H3;3H,1-2H3;2*1H;. The number of hydrogen-bond acceptors (Lipinski definition) is 0. The second-order valence-corrected chi connectivity index (χ2v) is 33.9. The first-order valence-electron chi connectivity index (χ1n) is 7.46. The van der Waals surface area contributed by atoms with Crippen molar-refractivity contribution in [3.8, 4) is 0 Å². The van der Waals surface area contributed by atoms with Crippen LogP contribution >= 0.6 is 24.8 Å². The summed E-state index contributed by atoms with van der Waals surface area (Å²) in [6, 6.07) is 0. The van der Waals surface area contributed by atoms with Gasteiger partial charge in [-0.2, -0.15) is 0 Å². The Hall–Kier alpha value is 0.627. The van der Waals surface area contributed by atoms with E-state index in [0.717, 1.165) is 0 Å². The fourth-order valence-corrected chi connectivity index (χ4v) is 33.0. The van der Waals surface area contributed by atoms with Gasteiger partial charge in [0.2, 0.25) is 0 Å². The van der Waals surface area contributed by atoms with Gasteiger partial charge in [0.15, 0.2) is 0 Å². The molecule has 0 aromatic heterocycles. The van der Waals surface area contributed by atoms with Gasteiger partial charge in [-0.25, -0.2) is 0 Å². The molecule has 2 aliphatic rings. The first kappa shape index (κ1) is 21.6. The summed E-state index contributed by atoms with van der Waals surface area (Å²) in [7, 11) is 0. The molecule has 21 heavy (non-hydrogen) atoms. The maximum atomic E-state index is 2.60. The number of halogens is 2. The molecule has 0 atom stereocenters. The van der Waals surface area contributed by atoms with E-state index < -0.39 is 26.6 Å². The first-order valence-corrected chi connectivity index (χ1v) is 20.2. The van der Waals surface area contributed by atoms with Crippen LogP contribution in [-0.2, 0) is 20.6 Å². The van der Waals surface area contributed by atoms with Crippen LogP contribution in [0, 0.1) is 5.41 Å². The van der Waals surface area contributed by atoms with E-state index in [2.05, 4.69) is 65.1 Å². The van der Waals surface area contributed by atoms with E-state index in [1.54, 1.807) is 11.1 Å². The van der Waals surface area contributed by atoms with Crippen LogP contribution < -0.4 is 0 Å². The summed E-state index contributed by atoms with van der Waals surface area (Å²) in [5.41, 5.74) is 3.65. The average Bonchev–Trinajstić information content (AvgIpc) is 2.88. The van der Waals surface area contributed by atoms with Crippen molar-refractivity contribution in [2.24, 2.45) is 5.41 Å². The third-order valence-corrected chi connectivity index (χ3v) is 32.0. The van der Waals surface area contributed by atoms with Gasteiger partial charge in [-0.3, -0.25) is 0 Å². The van der Waals surface area contributed by atoms with Crippen molar-refractivity contribution < 1.29 is 20.6 Å². The molecular weight excluding hydrogens is 482 g/mol. The predicted octanol–water partition coefficient (Wildman–Crippen LogP) is 5.93. The molecule has 0 aromatic rings. The first-order chi connectivity index (χ1) is 8.82. The molecule has 2 rings (SSSR count). The summed E-state index contributed by atoms with van der Waals surface area (Å²) in [6.45, 7) is 14.7. The molecule has 0 aliphatic heterocycles. The summed E-state index contributed by atoms with van der Waals surface area (Å²) in [5, 5.41) is 0. The molecule has 0 heterocycles. The molecule has 119 valence electrons. The van der Waals surface area contributed by atoms with Crippen molar-refractivity contribution in [2.75, 3.05) is 0 Å². The van der Waals surface area contributed by atoms with Crippen LogP contribution in [0.4, 0.5) is 0 Å². The maximum absolute atomic E-state index is 2.60. The predicted molar refractivity (Wildman–Crippen MR) is 100 cm³/mol. The molecule has 0 N–H and O–H groups in total. The summed E-state index contributed by atoms with van der Waals surface area (Å²) in [6.07, 6.45) is 12.2. The topological polar surface area (TPSA) is 0 Å². The second kappa shape index (κ2) is 8.47. The Kier molecular flexibility index (Phi) is 8.72. The number of hydrogen-bond donors (Lipinski definition) is 0. The van der Waals surface area contributed by atoms with Gasteiger partial charge in [0.05, 0.1) is 0 Å². The van der Waals surface area contributed by atoms with Gasteiger partial charge in [0.25, 0.3) is 0 Å². The van der Waals surface area contributed by atoms with Crippen LogP contribution in [0.25, 0.3) is 0 Å². The largest absolute Gasteiger partial charge is 0.147 e. The van der Waals surface area contributed by atoms with Crippen LogP contribution in [0.2, 0.25) is 13.1 Å². The third-order valence-electron chi connectivity index (χ3n) is 4.13. The van der Waals surface area contributed by atoms with Gasteiger partial charge < -0.3 is 0 Å². The summed E-state index contributed by atoms with van der Waals surface area (Å²) in [4.78, 5) is 0. The van der Waals surface area contributed by atoms with Crippen molar-refractivity contribution >= 4 is 30.8 Å². The third kappa shape index (κ3) is 4.80. The van der Waals surface area contributed by atoms with Crippen LogP contribution in [-0.4, -0.2) is 5.98 Å². The molecule has 0 amide bonds. The molecule has 0 bridgehead atoms. The fraction of sp³-hybridized carbons (Fsp3) is 0.529. The van der Waals surface area contributed by atoms with E-state index in [1.807, 2.05) is 6.66 Å². The smallest absolute Gasteiger partial charge is 0.147 e. The minimum atomic E-state index is -1.72. The minimum Gasteiger partial charge on any atom is -0.147 e. The molecule has 4 heteroatoms. The maximum Gasteiger partial charge on any atom is -0.147 e. The van der Waals surface area contributed by atoms with E-state index in [9.17, 15) is 0 Å². The van der Waals surface area contributed by atoms with Gasteiger partial charge in [-0.15, -0.1) is 24.8 Å². The Bertz CT molecular complexity index is 493. The van der Waals surface area contributed by atoms with E-state index in [0.29, 0.717) is 5.41 Å². The molecule has 0 saturated heterocycles. The zero-order chi connectivity index (χ0) is 14.2. The van der Waals surface area contributed by atoms with Crippen molar-refractivity contribution in [3.05, 3.63) is 42.1 Å². The molecule has 0 spiro atoms. The fourth-order valence-electron chi connectivity index (χ4n) is 3.28. The molecule has 0 saturated carbocycles. The van der Waals surface area contributed by atoms with Crippen molar-refractivity contribution in [1.82, 2.24) is 0 Å². The summed E-state index contributed by atoms with van der Waals surface area (Å²) >= 11 is -1.72. The zero-order valence-corrected chi connectivity index (χ0v) is 20.5. The monoisotopic (exact) mass is 511 g/mol. The van der Waals surface area contributed by atoms with E-state index in [-0.39, 0.29) is 24.8 Å². The van der Waals surface area contributed by atoms with Crippen LogP contribution in [0.3, 0.4) is 0 Å². The number of allylic oxidation sites excluding steroid dienone is 8. The molecule has 2 aliphatic carbocycles. The normalized spacial score (nSPS) is 17.5. The Balaban J connectivity index is 0.00000200. The Morgan fingerprint density at radius 3 is 1.90 bits per heavy atom. The Morgan fingerprint density at radius 1 is 0.952 bits per heavy atom. The Morgan fingerprint density at radius 2 is 1.48 bits per heavy atom. The van der Waals surface area contributed by atoms with Gasteiger partial charge in [0, 0.05) is 0 Å². The van der Waals surface area contributed by atoms with Crippen molar-refractivity contribution in [1.29, 1.82) is 0 Å². The van der Waals surface area contributed by atoms with Gasteiger partial charge in [0.1, 0.15) is 0 Å². The zero-order valence-electron chi connectivity index (χ0n) is 14.1. The van der Waals surface area contributed by atoms with Crippen LogP contribution in [0.15, 0.2) is 42.1 Å². The van der Waals surface area contributed by atoms with Crippen LogP contribution in [0.1, 0.15) is 40.5 Å². The SMILES string of the molecule is CC1=[C]([Hf]([C]2=C(C(C)(C)C)C=CC2)[SiH](C)C)CC=C1.Cl.Cl. The van der Waals surface area contributed by atoms with E-state index in [4.69, 9.17) is 0 Å². The number of rotatable bonds is 3. The summed E-state index contributed by atoms with van der Waals surface area (Å²) in [5.74, 6) is -0.523. The van der Waals surface area contributed by atoms with Crippen LogP contribution in [0.5, 0.6) is 0 Å². The molecule has 0 fully saturated rings. The minimum absolute atomic E-state index is 0. The second-order valence-electron chi connectivity index (χ2n) is 7.09. The molecule has 0 unspecified atom stereocenters. The molecule has 0 aromatic carbocycles. The summed E-state index contributed by atoms with van der Waals surface area (Å²) < 4.78 is 3.87. The van der Waals surface area contributed by atoms with Crippen molar-refractivity contribution in [2.45, 2.75) is 53.6 Å². The molecular formula is C17H29Cl2HfSi. The Labute approximate surface area is 151 Å².